The van der Waals surface area contributed by atoms with Crippen LogP contribution in [0.1, 0.15) is 6.42 Å². The number of carbonyl (C=O) groups excluding carboxylic acids is 2. The van der Waals surface area contributed by atoms with Gasteiger partial charge in [0.05, 0.1) is 36.5 Å². The molecular formula is C12H13BrN2O4. The molecule has 7 heteroatoms. The van der Waals surface area contributed by atoms with E-state index < -0.39 is 5.92 Å². The topological polar surface area (TPSA) is 68.7 Å². The number of anilines is 1. The van der Waals surface area contributed by atoms with E-state index in [4.69, 9.17) is 4.74 Å². The summed E-state index contributed by atoms with van der Waals surface area (Å²) < 4.78 is 10.3. The lowest BCUT2D eigenvalue weighted by molar-refractivity contribution is -0.145. The molecule has 1 unspecified atom stereocenters. The quantitative estimate of drug-likeness (QED) is 0.784. The molecule has 1 aliphatic heterocycles. The third kappa shape index (κ3) is 2.70. The molecule has 0 radical (unpaired) electrons. The first-order valence-corrected chi connectivity index (χ1v) is 6.43. The van der Waals surface area contributed by atoms with E-state index in [1.165, 1.54) is 19.1 Å². The fourth-order valence-electron chi connectivity index (χ4n) is 1.99. The fraction of sp³-hybridized carbons (Fsp3) is 0.417. The Labute approximate surface area is 118 Å². The molecule has 0 aromatic carbocycles. The van der Waals surface area contributed by atoms with Gasteiger partial charge in [0.1, 0.15) is 0 Å². The minimum Gasteiger partial charge on any atom is -0.480 e. The molecule has 1 saturated heterocycles. The van der Waals surface area contributed by atoms with E-state index in [0.29, 0.717) is 22.6 Å². The zero-order chi connectivity index (χ0) is 14.0. The normalized spacial score (nSPS) is 18.6. The van der Waals surface area contributed by atoms with Crippen molar-refractivity contribution in [1.29, 1.82) is 0 Å². The number of nitrogens with zero attached hydrogens (tertiary/aromatic N) is 2. The molecule has 2 rings (SSSR count). The highest BCUT2D eigenvalue weighted by atomic mass is 79.9. The average molecular weight is 329 g/mol. The lowest BCUT2D eigenvalue weighted by Gasteiger charge is -2.16. The van der Waals surface area contributed by atoms with Crippen molar-refractivity contribution in [1.82, 2.24) is 4.98 Å². The second kappa shape index (κ2) is 5.56. The molecule has 0 N–H and O–H groups in total. The first-order chi connectivity index (χ1) is 9.06. The van der Waals surface area contributed by atoms with Crippen LogP contribution >= 0.6 is 15.9 Å². The molecular weight excluding hydrogens is 316 g/mol. The summed E-state index contributed by atoms with van der Waals surface area (Å²) in [4.78, 5) is 29.0. The van der Waals surface area contributed by atoms with E-state index in [0.717, 1.165) is 0 Å². The van der Waals surface area contributed by atoms with Crippen molar-refractivity contribution in [2.45, 2.75) is 6.42 Å². The number of ether oxygens (including phenoxy) is 2. The van der Waals surface area contributed by atoms with Crippen molar-refractivity contribution < 1.29 is 19.1 Å². The van der Waals surface area contributed by atoms with Gasteiger partial charge in [-0.1, -0.05) is 0 Å². The van der Waals surface area contributed by atoms with Crippen LogP contribution in [0.4, 0.5) is 5.69 Å². The zero-order valence-corrected chi connectivity index (χ0v) is 12.1. The van der Waals surface area contributed by atoms with Crippen LogP contribution in [-0.2, 0) is 14.3 Å². The molecule has 0 aliphatic carbocycles. The molecule has 0 saturated carbocycles. The minimum absolute atomic E-state index is 0.116. The van der Waals surface area contributed by atoms with E-state index in [9.17, 15) is 9.59 Å². The van der Waals surface area contributed by atoms with Crippen molar-refractivity contribution in [3.63, 3.8) is 0 Å². The SMILES string of the molecule is COC(=O)C1CC(=O)N(c2cnc(OC)c(Br)c2)C1. The van der Waals surface area contributed by atoms with Gasteiger partial charge in [-0.05, 0) is 22.0 Å². The number of hydrogen-bond acceptors (Lipinski definition) is 5. The van der Waals surface area contributed by atoms with Gasteiger partial charge in [0.25, 0.3) is 0 Å². The van der Waals surface area contributed by atoms with Gasteiger partial charge in [-0.2, -0.15) is 0 Å². The number of halogens is 1. The monoisotopic (exact) mass is 328 g/mol. The molecule has 1 amide bonds. The molecule has 1 fully saturated rings. The second-order valence-corrected chi connectivity index (χ2v) is 4.97. The molecule has 6 nitrogen and oxygen atoms in total. The summed E-state index contributed by atoms with van der Waals surface area (Å²) >= 11 is 3.31. The smallest absolute Gasteiger partial charge is 0.311 e. The summed E-state index contributed by atoms with van der Waals surface area (Å²) in [6, 6.07) is 1.74. The number of aromatic nitrogens is 1. The van der Waals surface area contributed by atoms with E-state index in [1.54, 1.807) is 12.3 Å². The predicted molar refractivity (Wildman–Crippen MR) is 71.0 cm³/mol. The molecule has 19 heavy (non-hydrogen) atoms. The van der Waals surface area contributed by atoms with Crippen LogP contribution in [-0.4, -0.2) is 37.6 Å². The number of methoxy groups -OCH3 is 2. The van der Waals surface area contributed by atoms with E-state index in [1.807, 2.05) is 0 Å². The van der Waals surface area contributed by atoms with E-state index in [2.05, 4.69) is 25.7 Å². The van der Waals surface area contributed by atoms with Gasteiger partial charge in [-0.3, -0.25) is 9.59 Å². The van der Waals surface area contributed by atoms with Crippen LogP contribution < -0.4 is 9.64 Å². The highest BCUT2D eigenvalue weighted by Crippen LogP contribution is 2.30. The third-order valence-electron chi connectivity index (χ3n) is 2.96. The third-order valence-corrected chi connectivity index (χ3v) is 3.53. The molecule has 0 bridgehead atoms. The van der Waals surface area contributed by atoms with Gasteiger partial charge in [0.15, 0.2) is 0 Å². The standard InChI is InChI=1S/C12H13BrN2O4/c1-18-11-9(13)4-8(5-14-11)15-6-7(3-10(15)16)12(17)19-2/h4-5,7H,3,6H2,1-2H3. The summed E-state index contributed by atoms with van der Waals surface area (Å²) in [7, 11) is 2.84. The first kappa shape index (κ1) is 13.8. The predicted octanol–water partition coefficient (Wildman–Crippen LogP) is 1.38. The second-order valence-electron chi connectivity index (χ2n) is 4.11. The highest BCUT2D eigenvalue weighted by molar-refractivity contribution is 9.10. The van der Waals surface area contributed by atoms with Gasteiger partial charge in [-0.25, -0.2) is 4.98 Å². The van der Waals surface area contributed by atoms with Gasteiger partial charge in [0.2, 0.25) is 11.8 Å². The van der Waals surface area contributed by atoms with Crippen molar-refractivity contribution in [2.24, 2.45) is 5.92 Å². The Balaban J connectivity index is 2.21. The van der Waals surface area contributed by atoms with Crippen LogP contribution in [0.5, 0.6) is 5.88 Å². The largest absolute Gasteiger partial charge is 0.480 e. The maximum absolute atomic E-state index is 11.9. The van der Waals surface area contributed by atoms with Crippen molar-refractivity contribution in [3.8, 4) is 5.88 Å². The Kier molecular flexibility index (Phi) is 4.04. The van der Waals surface area contributed by atoms with Crippen LogP contribution in [0.2, 0.25) is 0 Å². The lowest BCUT2D eigenvalue weighted by atomic mass is 10.1. The van der Waals surface area contributed by atoms with E-state index >= 15 is 0 Å². The number of pyridine rings is 1. The van der Waals surface area contributed by atoms with Crippen molar-refractivity contribution in [3.05, 3.63) is 16.7 Å². The average Bonchev–Trinajstić information content (AvgIpc) is 2.80. The molecule has 1 aromatic heterocycles. The zero-order valence-electron chi connectivity index (χ0n) is 10.6. The molecule has 102 valence electrons. The summed E-state index contributed by atoms with van der Waals surface area (Å²) in [5, 5.41) is 0. The van der Waals surface area contributed by atoms with Crippen LogP contribution in [0, 0.1) is 5.92 Å². The summed E-state index contributed by atoms with van der Waals surface area (Å²) in [6.45, 7) is 0.311. The molecule has 1 aromatic rings. The van der Waals surface area contributed by atoms with Gasteiger partial charge >= 0.3 is 5.97 Å². The Morgan fingerprint density at radius 3 is 2.84 bits per heavy atom. The molecule has 2 heterocycles. The number of hydrogen-bond donors (Lipinski definition) is 0. The Morgan fingerprint density at radius 1 is 1.53 bits per heavy atom. The first-order valence-electron chi connectivity index (χ1n) is 5.64. The number of carbonyl (C=O) groups is 2. The van der Waals surface area contributed by atoms with Crippen molar-refractivity contribution >= 4 is 33.5 Å². The Morgan fingerprint density at radius 2 is 2.26 bits per heavy atom. The van der Waals surface area contributed by atoms with E-state index in [-0.39, 0.29) is 18.3 Å². The summed E-state index contributed by atoms with van der Waals surface area (Å²) in [5.74, 6) is -0.455. The Hall–Kier alpha value is -1.63. The van der Waals surface area contributed by atoms with Crippen LogP contribution in [0.3, 0.4) is 0 Å². The molecule has 0 spiro atoms. The van der Waals surface area contributed by atoms with Crippen LogP contribution in [0.25, 0.3) is 0 Å². The highest BCUT2D eigenvalue weighted by Gasteiger charge is 2.36. The Bertz CT molecular complexity index is 520. The van der Waals surface area contributed by atoms with Gasteiger partial charge in [-0.15, -0.1) is 0 Å². The minimum atomic E-state index is -0.418. The molecule has 1 aliphatic rings. The maximum atomic E-state index is 11.9. The lowest BCUT2D eigenvalue weighted by Crippen LogP contribution is -2.26. The fourth-order valence-corrected chi connectivity index (χ4v) is 2.49. The van der Waals surface area contributed by atoms with Crippen LogP contribution in [0.15, 0.2) is 16.7 Å². The maximum Gasteiger partial charge on any atom is 0.311 e. The summed E-state index contributed by atoms with van der Waals surface area (Å²) in [5.41, 5.74) is 0.629. The summed E-state index contributed by atoms with van der Waals surface area (Å²) in [6.07, 6.45) is 1.71. The van der Waals surface area contributed by atoms with Gasteiger partial charge in [0, 0.05) is 13.0 Å². The number of amides is 1. The van der Waals surface area contributed by atoms with Gasteiger partial charge < -0.3 is 14.4 Å². The number of rotatable bonds is 3. The number of esters is 1. The molecule has 1 atom stereocenters. The van der Waals surface area contributed by atoms with Crippen molar-refractivity contribution in [2.75, 3.05) is 25.7 Å².